The third-order valence-electron chi connectivity index (χ3n) is 5.11. The first-order valence-electron chi connectivity index (χ1n) is 9.83. The van der Waals surface area contributed by atoms with Crippen molar-refractivity contribution in [3.63, 3.8) is 0 Å². The molecule has 2 heterocycles. The minimum Gasteiger partial charge on any atom is -0.350 e. The molecule has 2 aromatic heterocycles. The fourth-order valence-electron chi connectivity index (χ4n) is 3.80. The van der Waals surface area contributed by atoms with Crippen LogP contribution in [0.25, 0.3) is 10.9 Å². The van der Waals surface area contributed by atoms with E-state index in [0.717, 1.165) is 36.9 Å². The number of amides is 1. The number of carbonyl (C=O) groups is 1. The standard InChI is InChI=1S/C23H26N4O/c1-4-6-17(7-5-2)20-15-27(3)22-9-8-18(13-19(20)22)26-23(28)21-12-16(14-24)10-11-25-21/h8-13,15,17H,4-7H2,1-3H3,(H,26,28). The Bertz CT molecular complexity index is 1020. The van der Waals surface area contributed by atoms with E-state index < -0.39 is 0 Å². The van der Waals surface area contributed by atoms with E-state index in [0.29, 0.717) is 11.5 Å². The lowest BCUT2D eigenvalue weighted by Crippen LogP contribution is -2.13. The number of anilines is 1. The first kappa shape index (κ1) is 19.6. The summed E-state index contributed by atoms with van der Waals surface area (Å²) in [6.45, 7) is 4.45. The molecule has 5 nitrogen and oxygen atoms in total. The molecule has 0 fully saturated rings. The van der Waals surface area contributed by atoms with E-state index in [1.165, 1.54) is 23.2 Å². The predicted octanol–water partition coefficient (Wildman–Crippen LogP) is 5.38. The fourth-order valence-corrected chi connectivity index (χ4v) is 3.80. The maximum Gasteiger partial charge on any atom is 0.274 e. The summed E-state index contributed by atoms with van der Waals surface area (Å²) in [6.07, 6.45) is 8.33. The first-order chi connectivity index (χ1) is 13.6. The van der Waals surface area contributed by atoms with Crippen LogP contribution in [0, 0.1) is 11.3 Å². The molecule has 144 valence electrons. The molecule has 0 aliphatic heterocycles. The van der Waals surface area contributed by atoms with Gasteiger partial charge in [0.05, 0.1) is 11.6 Å². The fraction of sp³-hybridized carbons (Fsp3) is 0.348. The highest BCUT2D eigenvalue weighted by atomic mass is 16.1. The van der Waals surface area contributed by atoms with Crippen molar-refractivity contribution in [2.75, 3.05) is 5.32 Å². The summed E-state index contributed by atoms with van der Waals surface area (Å²) in [4.78, 5) is 16.6. The molecular formula is C23H26N4O. The largest absolute Gasteiger partial charge is 0.350 e. The Morgan fingerprint density at radius 3 is 2.64 bits per heavy atom. The lowest BCUT2D eigenvalue weighted by Gasteiger charge is -2.15. The van der Waals surface area contributed by atoms with Gasteiger partial charge in [0, 0.05) is 36.0 Å². The molecule has 3 aromatic rings. The van der Waals surface area contributed by atoms with Gasteiger partial charge in [0.2, 0.25) is 0 Å². The number of hydrogen-bond donors (Lipinski definition) is 1. The highest BCUT2D eigenvalue weighted by molar-refractivity contribution is 6.04. The van der Waals surface area contributed by atoms with Gasteiger partial charge in [-0.05, 0) is 54.7 Å². The van der Waals surface area contributed by atoms with Crippen molar-refractivity contribution in [1.82, 2.24) is 9.55 Å². The summed E-state index contributed by atoms with van der Waals surface area (Å²) in [6, 6.07) is 11.1. The molecule has 28 heavy (non-hydrogen) atoms. The van der Waals surface area contributed by atoms with Gasteiger partial charge in [-0.3, -0.25) is 9.78 Å². The monoisotopic (exact) mass is 374 g/mol. The molecule has 0 bridgehead atoms. The van der Waals surface area contributed by atoms with E-state index in [9.17, 15) is 4.79 Å². The maximum absolute atomic E-state index is 12.6. The third-order valence-corrected chi connectivity index (χ3v) is 5.11. The van der Waals surface area contributed by atoms with Gasteiger partial charge in [0.15, 0.2) is 0 Å². The van der Waals surface area contributed by atoms with Gasteiger partial charge < -0.3 is 9.88 Å². The van der Waals surface area contributed by atoms with Crippen molar-refractivity contribution in [2.45, 2.75) is 45.4 Å². The second-order valence-electron chi connectivity index (χ2n) is 7.20. The number of aromatic nitrogens is 2. The van der Waals surface area contributed by atoms with Gasteiger partial charge >= 0.3 is 0 Å². The molecule has 0 saturated carbocycles. The predicted molar refractivity (Wildman–Crippen MR) is 112 cm³/mol. The summed E-state index contributed by atoms with van der Waals surface area (Å²) in [5, 5.41) is 13.1. The molecule has 0 atom stereocenters. The molecule has 0 spiro atoms. The number of carbonyl (C=O) groups excluding carboxylic acids is 1. The van der Waals surface area contributed by atoms with Gasteiger partial charge in [-0.1, -0.05) is 26.7 Å². The van der Waals surface area contributed by atoms with Gasteiger partial charge in [0.1, 0.15) is 5.69 Å². The number of hydrogen-bond acceptors (Lipinski definition) is 3. The SMILES string of the molecule is CCCC(CCC)c1cn(C)c2ccc(NC(=O)c3cc(C#N)ccn3)cc12. The van der Waals surface area contributed by atoms with Gasteiger partial charge in [-0.25, -0.2) is 0 Å². The topological polar surface area (TPSA) is 70.7 Å². The average molecular weight is 374 g/mol. The second kappa shape index (κ2) is 8.71. The smallest absolute Gasteiger partial charge is 0.274 e. The molecule has 3 rings (SSSR count). The Kier molecular flexibility index (Phi) is 6.10. The third kappa shape index (κ3) is 4.07. The molecule has 0 unspecified atom stereocenters. The van der Waals surface area contributed by atoms with E-state index in [1.54, 1.807) is 6.07 Å². The lowest BCUT2D eigenvalue weighted by molar-refractivity contribution is 0.102. The number of fused-ring (bicyclic) bond motifs is 1. The zero-order chi connectivity index (χ0) is 20.1. The minimum atomic E-state index is -0.312. The normalized spacial score (nSPS) is 11.0. The van der Waals surface area contributed by atoms with Gasteiger partial charge in [-0.15, -0.1) is 0 Å². The summed E-state index contributed by atoms with van der Waals surface area (Å²) < 4.78 is 2.16. The first-order valence-corrected chi connectivity index (χ1v) is 9.83. The van der Waals surface area contributed by atoms with Crippen molar-refractivity contribution in [2.24, 2.45) is 7.05 Å². The van der Waals surface area contributed by atoms with E-state index in [4.69, 9.17) is 5.26 Å². The van der Waals surface area contributed by atoms with E-state index in [2.05, 4.69) is 48.0 Å². The van der Waals surface area contributed by atoms with Crippen molar-refractivity contribution in [3.8, 4) is 6.07 Å². The van der Waals surface area contributed by atoms with Crippen LogP contribution >= 0.6 is 0 Å². The average Bonchev–Trinajstić information content (AvgIpc) is 3.03. The van der Waals surface area contributed by atoms with Crippen LogP contribution in [0.5, 0.6) is 0 Å². The van der Waals surface area contributed by atoms with E-state index in [1.807, 2.05) is 18.2 Å². The van der Waals surface area contributed by atoms with Crippen molar-refractivity contribution < 1.29 is 4.79 Å². The van der Waals surface area contributed by atoms with E-state index >= 15 is 0 Å². The van der Waals surface area contributed by atoms with Crippen LogP contribution in [0.15, 0.2) is 42.7 Å². The molecule has 0 aliphatic carbocycles. The number of nitrogens with one attached hydrogen (secondary N) is 1. The number of pyridine rings is 1. The van der Waals surface area contributed by atoms with Crippen LogP contribution in [-0.2, 0) is 7.05 Å². The van der Waals surface area contributed by atoms with Crippen LogP contribution in [0.3, 0.4) is 0 Å². The Morgan fingerprint density at radius 2 is 1.96 bits per heavy atom. The van der Waals surface area contributed by atoms with Crippen LogP contribution in [0.1, 0.15) is 67.1 Å². The quantitative estimate of drug-likeness (QED) is 0.603. The van der Waals surface area contributed by atoms with Crippen LogP contribution < -0.4 is 5.32 Å². The molecule has 1 aromatic carbocycles. The van der Waals surface area contributed by atoms with Crippen molar-refractivity contribution >= 4 is 22.5 Å². The molecule has 0 saturated heterocycles. The van der Waals surface area contributed by atoms with Gasteiger partial charge in [-0.2, -0.15) is 5.26 Å². The Balaban J connectivity index is 1.93. The highest BCUT2D eigenvalue weighted by Gasteiger charge is 2.17. The Morgan fingerprint density at radius 1 is 1.21 bits per heavy atom. The number of nitrogens with zero attached hydrogens (tertiary/aromatic N) is 3. The summed E-state index contributed by atoms with van der Waals surface area (Å²) in [5.41, 5.74) is 3.91. The number of nitriles is 1. The zero-order valence-corrected chi connectivity index (χ0v) is 16.7. The van der Waals surface area contributed by atoms with Crippen molar-refractivity contribution in [1.29, 1.82) is 5.26 Å². The number of rotatable bonds is 7. The highest BCUT2D eigenvalue weighted by Crippen LogP contribution is 2.34. The number of aryl methyl sites for hydroxylation is 1. The van der Waals surface area contributed by atoms with Gasteiger partial charge in [0.25, 0.3) is 5.91 Å². The minimum absolute atomic E-state index is 0.238. The lowest BCUT2D eigenvalue weighted by atomic mass is 9.90. The van der Waals surface area contributed by atoms with Crippen molar-refractivity contribution in [3.05, 3.63) is 59.5 Å². The van der Waals surface area contributed by atoms with E-state index in [-0.39, 0.29) is 11.6 Å². The molecule has 0 aliphatic rings. The Labute approximate surface area is 166 Å². The number of benzene rings is 1. The summed E-state index contributed by atoms with van der Waals surface area (Å²) in [5.74, 6) is 0.214. The molecule has 1 amide bonds. The van der Waals surface area contributed by atoms with Crippen LogP contribution in [-0.4, -0.2) is 15.5 Å². The Hall–Kier alpha value is -3.13. The molecule has 1 N–H and O–H groups in total. The zero-order valence-electron chi connectivity index (χ0n) is 16.7. The second-order valence-corrected chi connectivity index (χ2v) is 7.20. The summed E-state index contributed by atoms with van der Waals surface area (Å²) in [7, 11) is 2.07. The molecule has 0 radical (unpaired) electrons. The van der Waals surface area contributed by atoms with Crippen LogP contribution in [0.4, 0.5) is 5.69 Å². The summed E-state index contributed by atoms with van der Waals surface area (Å²) >= 11 is 0. The molecule has 5 heteroatoms. The maximum atomic E-state index is 12.6. The van der Waals surface area contributed by atoms with Crippen LogP contribution in [0.2, 0.25) is 0 Å². The molecular weight excluding hydrogens is 348 g/mol.